The second-order valence-electron chi connectivity index (χ2n) is 5.18. The van der Waals surface area contributed by atoms with Crippen molar-refractivity contribution in [2.75, 3.05) is 33.3 Å². The summed E-state index contributed by atoms with van der Waals surface area (Å²) in [7, 11) is 2.25. The molecule has 1 N–H and O–H groups in total. The first-order valence-electron chi connectivity index (χ1n) is 6.37. The minimum Gasteiger partial charge on any atom is -0.488 e. The van der Waals surface area contributed by atoms with Crippen LogP contribution in [0.1, 0.15) is 12.8 Å². The first kappa shape index (κ1) is 12.4. The number of likely N-dealkylation sites (N-methyl/N-ethyl adjacent to an activating group) is 1. The third-order valence-electron chi connectivity index (χ3n) is 3.65. The molecule has 1 aliphatic rings. The van der Waals surface area contributed by atoms with E-state index in [0.29, 0.717) is 0 Å². The predicted octanol–water partition coefficient (Wildman–Crippen LogP) is 1.67. The molecule has 0 unspecified atom stereocenters. The molecule has 2 rings (SSSR count). The van der Waals surface area contributed by atoms with Gasteiger partial charge in [0.1, 0.15) is 18.9 Å². The maximum Gasteiger partial charge on any atom is 0.137 e. The van der Waals surface area contributed by atoms with Crippen molar-refractivity contribution in [1.29, 1.82) is 0 Å². The summed E-state index contributed by atoms with van der Waals surface area (Å²) in [6, 6.07) is 9.94. The summed E-state index contributed by atoms with van der Waals surface area (Å²) >= 11 is 0. The molecule has 1 aromatic rings. The van der Waals surface area contributed by atoms with E-state index >= 15 is 0 Å². The summed E-state index contributed by atoms with van der Waals surface area (Å²) in [5.41, 5.74) is 0. The summed E-state index contributed by atoms with van der Waals surface area (Å²) in [4.78, 5) is 0. The summed E-state index contributed by atoms with van der Waals surface area (Å²) in [6.45, 7) is 3.87. The van der Waals surface area contributed by atoms with Crippen molar-refractivity contribution in [2.24, 2.45) is 0 Å². The molecule has 0 radical (unpaired) electrons. The Morgan fingerprint density at radius 1 is 1.24 bits per heavy atom. The zero-order valence-corrected chi connectivity index (χ0v) is 10.5. The van der Waals surface area contributed by atoms with Crippen LogP contribution < -0.4 is 4.74 Å². The average molecular weight is 236 g/mol. The monoisotopic (exact) mass is 236 g/mol. The largest absolute Gasteiger partial charge is 0.488 e. The molecule has 1 aromatic carbocycles. The zero-order chi connectivity index (χ0) is 12.1. The number of para-hydroxylation sites is 1. The molecule has 0 aromatic heterocycles. The normalized spacial score (nSPS) is 28.9. The number of piperidine rings is 1. The number of likely N-dealkylation sites (tertiary alicyclic amines) is 1. The SMILES string of the molecule is C[N+]1(CCOc2ccccc2)CCC(O)CC1. The van der Waals surface area contributed by atoms with E-state index in [0.717, 1.165) is 49.3 Å². The fourth-order valence-corrected chi connectivity index (χ4v) is 2.30. The molecule has 94 valence electrons. The van der Waals surface area contributed by atoms with Crippen LogP contribution >= 0.6 is 0 Å². The number of aliphatic hydroxyl groups excluding tert-OH is 1. The van der Waals surface area contributed by atoms with Crippen molar-refractivity contribution < 1.29 is 14.3 Å². The Morgan fingerprint density at radius 3 is 2.53 bits per heavy atom. The molecule has 0 spiro atoms. The number of hydrogen-bond acceptors (Lipinski definition) is 2. The van der Waals surface area contributed by atoms with E-state index in [1.165, 1.54) is 0 Å². The first-order chi connectivity index (χ1) is 8.18. The lowest BCUT2D eigenvalue weighted by atomic mass is 10.1. The van der Waals surface area contributed by atoms with E-state index in [2.05, 4.69) is 7.05 Å². The number of aliphatic hydroxyl groups is 1. The van der Waals surface area contributed by atoms with Crippen LogP contribution in [-0.2, 0) is 0 Å². The van der Waals surface area contributed by atoms with Crippen LogP contribution in [0.3, 0.4) is 0 Å². The van der Waals surface area contributed by atoms with Crippen LogP contribution in [-0.4, -0.2) is 49.0 Å². The Kier molecular flexibility index (Phi) is 4.02. The second-order valence-corrected chi connectivity index (χ2v) is 5.18. The Labute approximate surface area is 103 Å². The highest BCUT2D eigenvalue weighted by molar-refractivity contribution is 5.20. The predicted molar refractivity (Wildman–Crippen MR) is 68.0 cm³/mol. The van der Waals surface area contributed by atoms with Gasteiger partial charge in [0.05, 0.1) is 26.2 Å². The van der Waals surface area contributed by atoms with Gasteiger partial charge in [0, 0.05) is 12.8 Å². The van der Waals surface area contributed by atoms with Gasteiger partial charge in [0.25, 0.3) is 0 Å². The lowest BCUT2D eigenvalue weighted by Gasteiger charge is -2.39. The molecule has 0 saturated carbocycles. The van der Waals surface area contributed by atoms with Crippen molar-refractivity contribution in [3.8, 4) is 5.75 Å². The summed E-state index contributed by atoms with van der Waals surface area (Å²) < 4.78 is 6.74. The average Bonchev–Trinajstić information content (AvgIpc) is 2.35. The molecule has 1 aliphatic heterocycles. The molecule has 0 amide bonds. The highest BCUT2D eigenvalue weighted by atomic mass is 16.5. The van der Waals surface area contributed by atoms with Gasteiger partial charge in [-0.2, -0.15) is 0 Å². The maximum absolute atomic E-state index is 9.50. The quantitative estimate of drug-likeness (QED) is 0.806. The van der Waals surface area contributed by atoms with Crippen molar-refractivity contribution in [2.45, 2.75) is 18.9 Å². The van der Waals surface area contributed by atoms with Crippen molar-refractivity contribution in [3.63, 3.8) is 0 Å². The summed E-state index contributed by atoms with van der Waals surface area (Å²) in [5, 5.41) is 9.50. The molecule has 1 fully saturated rings. The van der Waals surface area contributed by atoms with Gasteiger partial charge in [0.2, 0.25) is 0 Å². The number of quaternary nitrogens is 1. The van der Waals surface area contributed by atoms with Gasteiger partial charge in [-0.05, 0) is 12.1 Å². The highest BCUT2D eigenvalue weighted by Gasteiger charge is 2.28. The van der Waals surface area contributed by atoms with Gasteiger partial charge >= 0.3 is 0 Å². The van der Waals surface area contributed by atoms with Gasteiger partial charge < -0.3 is 14.3 Å². The standard InChI is InChI=1S/C14H22NO2/c1-15(9-7-13(16)8-10-15)11-12-17-14-5-3-2-4-6-14/h2-6,13,16H,7-12H2,1H3/q+1. The molecule has 1 saturated heterocycles. The van der Waals surface area contributed by atoms with E-state index in [1.807, 2.05) is 30.3 Å². The van der Waals surface area contributed by atoms with Crippen LogP contribution in [0, 0.1) is 0 Å². The Hall–Kier alpha value is -1.06. The molecule has 17 heavy (non-hydrogen) atoms. The van der Waals surface area contributed by atoms with Crippen LogP contribution in [0.2, 0.25) is 0 Å². The van der Waals surface area contributed by atoms with E-state index in [1.54, 1.807) is 0 Å². The topological polar surface area (TPSA) is 29.5 Å². The smallest absolute Gasteiger partial charge is 0.137 e. The molecule has 0 atom stereocenters. The van der Waals surface area contributed by atoms with Gasteiger partial charge in [-0.3, -0.25) is 0 Å². The van der Waals surface area contributed by atoms with Crippen molar-refractivity contribution in [1.82, 2.24) is 0 Å². The number of benzene rings is 1. The molecule has 1 heterocycles. The third kappa shape index (κ3) is 3.72. The Morgan fingerprint density at radius 2 is 1.88 bits per heavy atom. The molecular weight excluding hydrogens is 214 g/mol. The third-order valence-corrected chi connectivity index (χ3v) is 3.65. The van der Waals surface area contributed by atoms with Gasteiger partial charge in [-0.25, -0.2) is 0 Å². The van der Waals surface area contributed by atoms with Gasteiger partial charge in [-0.1, -0.05) is 18.2 Å². The van der Waals surface area contributed by atoms with Gasteiger partial charge in [-0.15, -0.1) is 0 Å². The van der Waals surface area contributed by atoms with E-state index in [-0.39, 0.29) is 6.10 Å². The number of hydrogen-bond donors (Lipinski definition) is 1. The first-order valence-corrected chi connectivity index (χ1v) is 6.37. The lowest BCUT2D eigenvalue weighted by molar-refractivity contribution is -0.915. The van der Waals surface area contributed by atoms with E-state index in [4.69, 9.17) is 4.74 Å². The van der Waals surface area contributed by atoms with E-state index < -0.39 is 0 Å². The second kappa shape index (κ2) is 5.52. The fourth-order valence-electron chi connectivity index (χ4n) is 2.30. The maximum atomic E-state index is 9.50. The summed E-state index contributed by atoms with van der Waals surface area (Å²) in [5.74, 6) is 0.941. The Balaban J connectivity index is 1.75. The van der Waals surface area contributed by atoms with Crippen LogP contribution in [0.4, 0.5) is 0 Å². The lowest BCUT2D eigenvalue weighted by Crippen LogP contribution is -2.52. The molecule has 0 aliphatic carbocycles. The number of rotatable bonds is 4. The zero-order valence-electron chi connectivity index (χ0n) is 10.5. The number of nitrogens with zero attached hydrogens (tertiary/aromatic N) is 1. The van der Waals surface area contributed by atoms with Crippen molar-refractivity contribution in [3.05, 3.63) is 30.3 Å². The minimum absolute atomic E-state index is 0.0868. The molecule has 0 bridgehead atoms. The number of ether oxygens (including phenoxy) is 1. The molecule has 3 heteroatoms. The minimum atomic E-state index is -0.0868. The summed E-state index contributed by atoms with van der Waals surface area (Å²) in [6.07, 6.45) is 1.75. The van der Waals surface area contributed by atoms with E-state index in [9.17, 15) is 5.11 Å². The fraction of sp³-hybridized carbons (Fsp3) is 0.571. The van der Waals surface area contributed by atoms with Crippen LogP contribution in [0.25, 0.3) is 0 Å². The molecular formula is C14H22NO2+. The molecule has 3 nitrogen and oxygen atoms in total. The van der Waals surface area contributed by atoms with Crippen LogP contribution in [0.15, 0.2) is 30.3 Å². The highest BCUT2D eigenvalue weighted by Crippen LogP contribution is 2.17. The Bertz CT molecular complexity index is 331. The van der Waals surface area contributed by atoms with Crippen molar-refractivity contribution >= 4 is 0 Å². The van der Waals surface area contributed by atoms with Gasteiger partial charge in [0.15, 0.2) is 0 Å². The van der Waals surface area contributed by atoms with Crippen LogP contribution in [0.5, 0.6) is 5.75 Å².